The summed E-state index contributed by atoms with van der Waals surface area (Å²) < 4.78 is 12.6. The van der Waals surface area contributed by atoms with Crippen LogP contribution in [0.25, 0.3) is 0 Å². The molecule has 0 aliphatic carbocycles. The average molecular weight is 154 g/mol. The van der Waals surface area contributed by atoms with Crippen molar-refractivity contribution in [3.8, 4) is 0 Å². The third kappa shape index (κ3) is 2.00. The number of hydrogen-bond acceptors (Lipinski definition) is 2. The normalized spacial score (nSPS) is 9.18. The third-order valence-corrected chi connectivity index (χ3v) is 1.21. The Hall–Kier alpha value is -1.45. The van der Waals surface area contributed by atoms with E-state index in [1.165, 1.54) is 6.20 Å². The summed E-state index contributed by atoms with van der Waals surface area (Å²) in [7, 11) is 0. The van der Waals surface area contributed by atoms with Crippen molar-refractivity contribution in [1.82, 2.24) is 10.3 Å². The largest absolute Gasteiger partial charge is 0.354 e. The maximum atomic E-state index is 12.6. The molecular weight excluding hydrogens is 147 g/mol. The van der Waals surface area contributed by atoms with Crippen LogP contribution >= 0.6 is 0 Å². The van der Waals surface area contributed by atoms with Gasteiger partial charge in [0, 0.05) is 18.3 Å². The summed E-state index contributed by atoms with van der Waals surface area (Å²) in [4.78, 5) is 13.2. The van der Waals surface area contributed by atoms with Crippen molar-refractivity contribution in [2.75, 3.05) is 0 Å². The molecular formula is C7H7FN2O. The lowest BCUT2D eigenvalue weighted by molar-refractivity contribution is -0.109. The van der Waals surface area contributed by atoms with Gasteiger partial charge in [0.05, 0.1) is 0 Å². The number of carbonyl (C=O) groups excluding carboxylic acids is 1. The lowest BCUT2D eigenvalue weighted by atomic mass is 10.3. The van der Waals surface area contributed by atoms with E-state index >= 15 is 0 Å². The molecule has 0 unspecified atom stereocenters. The number of nitrogens with one attached hydrogen (secondary N) is 1. The number of carbonyl (C=O) groups is 1. The summed E-state index contributed by atoms with van der Waals surface area (Å²) in [6.45, 7) is 0.184. The van der Waals surface area contributed by atoms with Gasteiger partial charge in [-0.2, -0.15) is 4.39 Å². The van der Waals surface area contributed by atoms with Crippen LogP contribution in [0.2, 0.25) is 0 Å². The summed E-state index contributed by atoms with van der Waals surface area (Å²) in [5, 5.41) is 2.34. The molecule has 0 bridgehead atoms. The van der Waals surface area contributed by atoms with Crippen molar-refractivity contribution in [3.05, 3.63) is 29.8 Å². The average Bonchev–Trinajstić information content (AvgIpc) is 2.03. The molecule has 0 saturated heterocycles. The second-order valence-corrected chi connectivity index (χ2v) is 1.95. The van der Waals surface area contributed by atoms with Gasteiger partial charge in [-0.15, -0.1) is 0 Å². The Kier molecular flexibility index (Phi) is 2.54. The molecule has 0 fully saturated rings. The molecule has 0 atom stereocenters. The smallest absolute Gasteiger partial charge is 0.217 e. The predicted molar refractivity (Wildman–Crippen MR) is 37.1 cm³/mol. The van der Waals surface area contributed by atoms with Crippen LogP contribution in [-0.4, -0.2) is 11.4 Å². The second-order valence-electron chi connectivity index (χ2n) is 1.95. The molecule has 3 nitrogen and oxygen atoms in total. The fraction of sp³-hybridized carbons (Fsp3) is 0.143. The highest BCUT2D eigenvalue weighted by atomic mass is 19.1. The van der Waals surface area contributed by atoms with Crippen LogP contribution in [0.3, 0.4) is 0 Å². The summed E-state index contributed by atoms with van der Waals surface area (Å²) in [5.41, 5.74) is 0.389. The number of halogens is 1. The van der Waals surface area contributed by atoms with Crippen molar-refractivity contribution in [3.63, 3.8) is 0 Å². The molecule has 1 aromatic rings. The Labute approximate surface area is 63.3 Å². The molecule has 1 aromatic heterocycles. The Bertz CT molecular complexity index is 252. The number of hydrogen-bond donors (Lipinski definition) is 1. The molecule has 0 aliphatic heterocycles. The SMILES string of the molecule is O=CNCc1cccnc1F. The molecule has 1 heterocycles. The quantitative estimate of drug-likeness (QED) is 0.507. The van der Waals surface area contributed by atoms with E-state index in [0.717, 1.165) is 0 Å². The van der Waals surface area contributed by atoms with Gasteiger partial charge in [-0.3, -0.25) is 4.79 Å². The highest BCUT2D eigenvalue weighted by Gasteiger charge is 1.98. The molecule has 1 N–H and O–H groups in total. The van der Waals surface area contributed by atoms with Gasteiger partial charge in [0.1, 0.15) is 0 Å². The van der Waals surface area contributed by atoms with E-state index in [1.54, 1.807) is 12.1 Å². The molecule has 0 spiro atoms. The van der Waals surface area contributed by atoms with E-state index in [2.05, 4.69) is 10.3 Å². The van der Waals surface area contributed by atoms with Crippen LogP contribution in [0.15, 0.2) is 18.3 Å². The number of nitrogens with zero attached hydrogens (tertiary/aromatic N) is 1. The number of pyridine rings is 1. The molecule has 11 heavy (non-hydrogen) atoms. The predicted octanol–water partition coefficient (Wildman–Crippen LogP) is 0.467. The topological polar surface area (TPSA) is 42.0 Å². The zero-order valence-electron chi connectivity index (χ0n) is 5.75. The lowest BCUT2D eigenvalue weighted by Gasteiger charge is -1.98. The molecule has 0 radical (unpaired) electrons. The molecule has 1 rings (SSSR count). The van der Waals surface area contributed by atoms with Gasteiger partial charge in [-0.05, 0) is 6.07 Å². The Balaban J connectivity index is 2.69. The molecule has 4 heteroatoms. The Morgan fingerprint density at radius 3 is 3.18 bits per heavy atom. The first-order valence-electron chi connectivity index (χ1n) is 3.11. The first kappa shape index (κ1) is 7.65. The van der Waals surface area contributed by atoms with Crippen molar-refractivity contribution >= 4 is 6.41 Å². The van der Waals surface area contributed by atoms with E-state index in [-0.39, 0.29) is 6.54 Å². The maximum absolute atomic E-state index is 12.6. The minimum atomic E-state index is -0.540. The second kappa shape index (κ2) is 3.65. The fourth-order valence-corrected chi connectivity index (χ4v) is 0.703. The van der Waals surface area contributed by atoms with Crippen LogP contribution in [-0.2, 0) is 11.3 Å². The first-order valence-corrected chi connectivity index (χ1v) is 3.11. The van der Waals surface area contributed by atoms with Gasteiger partial charge in [0.25, 0.3) is 0 Å². The molecule has 58 valence electrons. The van der Waals surface area contributed by atoms with Gasteiger partial charge in [-0.25, -0.2) is 4.98 Å². The van der Waals surface area contributed by atoms with Crippen LogP contribution in [0.5, 0.6) is 0 Å². The van der Waals surface area contributed by atoms with Gasteiger partial charge in [0.2, 0.25) is 12.4 Å². The highest BCUT2D eigenvalue weighted by Crippen LogP contribution is 2.00. The number of rotatable bonds is 3. The fourth-order valence-electron chi connectivity index (χ4n) is 0.703. The molecule has 0 aromatic carbocycles. The minimum absolute atomic E-state index is 0.184. The van der Waals surface area contributed by atoms with Crippen molar-refractivity contribution in [2.24, 2.45) is 0 Å². The Morgan fingerprint density at radius 1 is 1.73 bits per heavy atom. The van der Waals surface area contributed by atoms with E-state index < -0.39 is 5.95 Å². The number of aromatic nitrogens is 1. The zero-order chi connectivity index (χ0) is 8.10. The first-order chi connectivity index (χ1) is 5.34. The summed E-state index contributed by atoms with van der Waals surface area (Å²) in [6, 6.07) is 3.18. The summed E-state index contributed by atoms with van der Waals surface area (Å²) in [6.07, 6.45) is 1.88. The minimum Gasteiger partial charge on any atom is -0.354 e. The molecule has 0 saturated carbocycles. The monoisotopic (exact) mass is 154 g/mol. The Morgan fingerprint density at radius 2 is 2.55 bits per heavy atom. The van der Waals surface area contributed by atoms with Gasteiger partial charge >= 0.3 is 0 Å². The summed E-state index contributed by atoms with van der Waals surface area (Å²) >= 11 is 0. The number of amides is 1. The molecule has 0 aliphatic rings. The standard InChI is InChI=1S/C7H7FN2O/c8-7-6(4-9-5-11)2-1-3-10-7/h1-3,5H,4H2,(H,9,11). The van der Waals surface area contributed by atoms with Crippen LogP contribution < -0.4 is 5.32 Å². The van der Waals surface area contributed by atoms with E-state index in [4.69, 9.17) is 0 Å². The third-order valence-electron chi connectivity index (χ3n) is 1.21. The molecule has 1 amide bonds. The van der Waals surface area contributed by atoms with E-state index in [9.17, 15) is 9.18 Å². The zero-order valence-corrected chi connectivity index (χ0v) is 5.75. The van der Waals surface area contributed by atoms with E-state index in [0.29, 0.717) is 12.0 Å². The van der Waals surface area contributed by atoms with Gasteiger partial charge in [-0.1, -0.05) is 6.07 Å². The van der Waals surface area contributed by atoms with Gasteiger partial charge < -0.3 is 5.32 Å². The lowest BCUT2D eigenvalue weighted by Crippen LogP contribution is -2.11. The van der Waals surface area contributed by atoms with Gasteiger partial charge in [0.15, 0.2) is 0 Å². The summed E-state index contributed by atoms with van der Waals surface area (Å²) in [5.74, 6) is -0.540. The van der Waals surface area contributed by atoms with Crippen LogP contribution in [0.1, 0.15) is 5.56 Å². The highest BCUT2D eigenvalue weighted by molar-refractivity contribution is 5.46. The van der Waals surface area contributed by atoms with Crippen LogP contribution in [0.4, 0.5) is 4.39 Å². The van der Waals surface area contributed by atoms with Crippen molar-refractivity contribution in [2.45, 2.75) is 6.54 Å². The maximum Gasteiger partial charge on any atom is 0.217 e. The van der Waals surface area contributed by atoms with Crippen molar-refractivity contribution < 1.29 is 9.18 Å². The van der Waals surface area contributed by atoms with E-state index in [1.807, 2.05) is 0 Å². The van der Waals surface area contributed by atoms with Crippen molar-refractivity contribution in [1.29, 1.82) is 0 Å². The van der Waals surface area contributed by atoms with Crippen LogP contribution in [0, 0.1) is 5.95 Å².